The minimum absolute atomic E-state index is 0.490. The van der Waals surface area contributed by atoms with Crippen molar-refractivity contribution in [2.45, 2.75) is 6.54 Å². The SMILES string of the molecule is CN(C)NCc1ccc(F)c(F)c1. The Morgan fingerprint density at radius 3 is 2.46 bits per heavy atom. The molecule has 0 spiro atoms. The molecule has 0 saturated heterocycles. The van der Waals surface area contributed by atoms with Crippen molar-refractivity contribution < 1.29 is 8.78 Å². The molecule has 0 aliphatic heterocycles. The highest BCUT2D eigenvalue weighted by molar-refractivity contribution is 5.17. The van der Waals surface area contributed by atoms with Crippen molar-refractivity contribution in [3.63, 3.8) is 0 Å². The van der Waals surface area contributed by atoms with Gasteiger partial charge in [0.15, 0.2) is 11.6 Å². The van der Waals surface area contributed by atoms with E-state index in [9.17, 15) is 8.78 Å². The lowest BCUT2D eigenvalue weighted by Gasteiger charge is -2.11. The predicted octanol–water partition coefficient (Wildman–Crippen LogP) is 1.53. The topological polar surface area (TPSA) is 15.3 Å². The van der Waals surface area contributed by atoms with Crippen molar-refractivity contribution in [1.82, 2.24) is 10.4 Å². The van der Waals surface area contributed by atoms with E-state index in [1.54, 1.807) is 11.1 Å². The van der Waals surface area contributed by atoms with E-state index in [0.29, 0.717) is 12.1 Å². The average Bonchev–Trinajstić information content (AvgIpc) is 2.07. The number of rotatable bonds is 3. The molecule has 0 heterocycles. The van der Waals surface area contributed by atoms with E-state index in [2.05, 4.69) is 5.43 Å². The van der Waals surface area contributed by atoms with Gasteiger partial charge in [-0.1, -0.05) is 6.07 Å². The molecule has 0 aromatic heterocycles. The Hall–Kier alpha value is -1.00. The number of benzene rings is 1. The van der Waals surface area contributed by atoms with Gasteiger partial charge in [-0.05, 0) is 17.7 Å². The first-order valence-corrected chi connectivity index (χ1v) is 3.94. The van der Waals surface area contributed by atoms with Crippen LogP contribution in [-0.4, -0.2) is 19.1 Å². The largest absolute Gasteiger partial charge is 0.251 e. The summed E-state index contributed by atoms with van der Waals surface area (Å²) in [5.41, 5.74) is 3.67. The van der Waals surface area contributed by atoms with Crippen LogP contribution in [-0.2, 0) is 6.54 Å². The Labute approximate surface area is 76.1 Å². The molecule has 1 rings (SSSR count). The summed E-state index contributed by atoms with van der Waals surface area (Å²) in [6, 6.07) is 3.86. The molecular weight excluding hydrogens is 174 g/mol. The number of nitrogens with zero attached hydrogens (tertiary/aromatic N) is 1. The van der Waals surface area contributed by atoms with Gasteiger partial charge >= 0.3 is 0 Å². The molecule has 0 aliphatic rings. The molecule has 0 radical (unpaired) electrons. The van der Waals surface area contributed by atoms with Crippen LogP contribution < -0.4 is 5.43 Å². The lowest BCUT2D eigenvalue weighted by Crippen LogP contribution is -2.29. The lowest BCUT2D eigenvalue weighted by molar-refractivity contribution is 0.285. The van der Waals surface area contributed by atoms with Crippen LogP contribution in [0.25, 0.3) is 0 Å². The summed E-state index contributed by atoms with van der Waals surface area (Å²) in [4.78, 5) is 0. The van der Waals surface area contributed by atoms with Crippen molar-refractivity contribution in [3.8, 4) is 0 Å². The van der Waals surface area contributed by atoms with Crippen LogP contribution in [0.5, 0.6) is 0 Å². The molecule has 0 unspecified atom stereocenters. The van der Waals surface area contributed by atoms with E-state index in [0.717, 1.165) is 6.07 Å². The Balaban J connectivity index is 2.63. The van der Waals surface area contributed by atoms with E-state index in [1.165, 1.54) is 6.07 Å². The monoisotopic (exact) mass is 186 g/mol. The summed E-state index contributed by atoms with van der Waals surface area (Å²) in [5, 5.41) is 1.75. The molecule has 72 valence electrons. The van der Waals surface area contributed by atoms with Crippen molar-refractivity contribution in [1.29, 1.82) is 0 Å². The molecule has 13 heavy (non-hydrogen) atoms. The highest BCUT2D eigenvalue weighted by Crippen LogP contribution is 2.08. The fraction of sp³-hybridized carbons (Fsp3) is 0.333. The fourth-order valence-electron chi connectivity index (χ4n) is 0.899. The summed E-state index contributed by atoms with van der Waals surface area (Å²) in [6.45, 7) is 0.490. The molecule has 0 bridgehead atoms. The van der Waals surface area contributed by atoms with Gasteiger partial charge in [-0.3, -0.25) is 10.4 Å². The Kier molecular flexibility index (Phi) is 3.33. The summed E-state index contributed by atoms with van der Waals surface area (Å²) in [6.07, 6.45) is 0. The standard InChI is InChI=1S/C9H12F2N2/c1-13(2)12-6-7-3-4-8(10)9(11)5-7/h3-5,12H,6H2,1-2H3. The molecule has 1 N–H and O–H groups in total. The second-order valence-electron chi connectivity index (χ2n) is 2.98. The number of nitrogens with one attached hydrogen (secondary N) is 1. The van der Waals surface area contributed by atoms with E-state index >= 15 is 0 Å². The second kappa shape index (κ2) is 4.30. The summed E-state index contributed by atoms with van der Waals surface area (Å²) in [7, 11) is 3.67. The zero-order valence-corrected chi connectivity index (χ0v) is 7.64. The van der Waals surface area contributed by atoms with Crippen LogP contribution in [0.3, 0.4) is 0 Å². The van der Waals surface area contributed by atoms with Gasteiger partial charge in [0.05, 0.1) is 0 Å². The number of hydrazine groups is 1. The van der Waals surface area contributed by atoms with E-state index in [-0.39, 0.29) is 0 Å². The third-order valence-corrected chi connectivity index (χ3v) is 1.58. The van der Waals surface area contributed by atoms with E-state index in [4.69, 9.17) is 0 Å². The Bertz CT molecular complexity index is 287. The van der Waals surface area contributed by atoms with Gasteiger partial charge in [0, 0.05) is 20.6 Å². The first-order chi connectivity index (χ1) is 6.09. The Morgan fingerprint density at radius 1 is 1.23 bits per heavy atom. The Morgan fingerprint density at radius 2 is 1.92 bits per heavy atom. The van der Waals surface area contributed by atoms with Crippen molar-refractivity contribution in [2.75, 3.05) is 14.1 Å². The molecule has 4 heteroatoms. The second-order valence-corrected chi connectivity index (χ2v) is 2.98. The van der Waals surface area contributed by atoms with Crippen LogP contribution in [0, 0.1) is 11.6 Å². The highest BCUT2D eigenvalue weighted by Gasteiger charge is 2.01. The zero-order chi connectivity index (χ0) is 9.84. The van der Waals surface area contributed by atoms with Gasteiger partial charge < -0.3 is 0 Å². The molecule has 0 aliphatic carbocycles. The normalized spacial score (nSPS) is 10.8. The average molecular weight is 186 g/mol. The van der Waals surface area contributed by atoms with Gasteiger partial charge in [-0.15, -0.1) is 0 Å². The van der Waals surface area contributed by atoms with Crippen molar-refractivity contribution in [2.24, 2.45) is 0 Å². The minimum Gasteiger partial charge on any atom is -0.251 e. The molecule has 0 fully saturated rings. The number of halogens is 2. The minimum atomic E-state index is -0.811. The predicted molar refractivity (Wildman–Crippen MR) is 46.9 cm³/mol. The quantitative estimate of drug-likeness (QED) is 0.720. The summed E-state index contributed by atoms with van der Waals surface area (Å²) >= 11 is 0. The van der Waals surface area contributed by atoms with Gasteiger partial charge in [0.2, 0.25) is 0 Å². The molecular formula is C9H12F2N2. The third-order valence-electron chi connectivity index (χ3n) is 1.58. The third kappa shape index (κ3) is 3.08. The van der Waals surface area contributed by atoms with Crippen LogP contribution in [0.1, 0.15) is 5.56 Å². The molecule has 1 aromatic carbocycles. The van der Waals surface area contributed by atoms with E-state index < -0.39 is 11.6 Å². The molecule has 2 nitrogen and oxygen atoms in total. The van der Waals surface area contributed by atoms with Gasteiger partial charge in [-0.2, -0.15) is 0 Å². The van der Waals surface area contributed by atoms with Crippen molar-refractivity contribution in [3.05, 3.63) is 35.4 Å². The van der Waals surface area contributed by atoms with Gasteiger partial charge in [-0.25, -0.2) is 8.78 Å². The summed E-state index contributed by atoms with van der Waals surface area (Å²) in [5.74, 6) is -1.62. The van der Waals surface area contributed by atoms with Gasteiger partial charge in [0.1, 0.15) is 0 Å². The maximum absolute atomic E-state index is 12.7. The lowest BCUT2D eigenvalue weighted by atomic mass is 10.2. The highest BCUT2D eigenvalue weighted by atomic mass is 19.2. The molecule has 0 atom stereocenters. The van der Waals surface area contributed by atoms with Crippen LogP contribution >= 0.6 is 0 Å². The van der Waals surface area contributed by atoms with E-state index in [1.807, 2.05) is 14.1 Å². The zero-order valence-electron chi connectivity index (χ0n) is 7.64. The maximum atomic E-state index is 12.7. The van der Waals surface area contributed by atoms with Crippen LogP contribution in [0.15, 0.2) is 18.2 Å². The maximum Gasteiger partial charge on any atom is 0.159 e. The van der Waals surface area contributed by atoms with Gasteiger partial charge in [0.25, 0.3) is 0 Å². The smallest absolute Gasteiger partial charge is 0.159 e. The fourth-order valence-corrected chi connectivity index (χ4v) is 0.899. The summed E-state index contributed by atoms with van der Waals surface area (Å²) < 4.78 is 25.2. The first kappa shape index (κ1) is 10.1. The molecule has 0 amide bonds. The van der Waals surface area contributed by atoms with Crippen LogP contribution in [0.4, 0.5) is 8.78 Å². The first-order valence-electron chi connectivity index (χ1n) is 3.94. The number of hydrogen-bond acceptors (Lipinski definition) is 2. The molecule has 1 aromatic rings. The number of hydrogen-bond donors (Lipinski definition) is 1. The van der Waals surface area contributed by atoms with Crippen molar-refractivity contribution >= 4 is 0 Å². The molecule has 0 saturated carbocycles. The van der Waals surface area contributed by atoms with Crippen LogP contribution in [0.2, 0.25) is 0 Å².